The smallest absolute Gasteiger partial charge is 0.282 e. The van der Waals surface area contributed by atoms with Gasteiger partial charge in [0.2, 0.25) is 5.95 Å². The highest BCUT2D eigenvalue weighted by atomic mass is 19.3. The fourth-order valence-corrected chi connectivity index (χ4v) is 6.76. The van der Waals surface area contributed by atoms with Crippen molar-refractivity contribution in [3.63, 3.8) is 0 Å². The van der Waals surface area contributed by atoms with Crippen LogP contribution in [-0.4, -0.2) is 73.9 Å². The average Bonchev–Trinajstić information content (AvgIpc) is 3.69. The quantitative estimate of drug-likeness (QED) is 0.323. The Morgan fingerprint density at radius 3 is 2.70 bits per heavy atom. The van der Waals surface area contributed by atoms with E-state index in [1.165, 1.54) is 4.90 Å². The van der Waals surface area contributed by atoms with Gasteiger partial charge in [-0.25, -0.2) is 18.4 Å². The minimum Gasteiger partial charge on any atom is -0.376 e. The van der Waals surface area contributed by atoms with Gasteiger partial charge in [0, 0.05) is 55.3 Å². The number of carbonyl (C=O) groups excluding carboxylic acids is 1. The van der Waals surface area contributed by atoms with E-state index < -0.39 is 19.0 Å². The molecule has 46 heavy (non-hydrogen) atoms. The van der Waals surface area contributed by atoms with Crippen molar-refractivity contribution >= 4 is 23.4 Å². The Balaban J connectivity index is 1.01. The number of rotatable bonds is 6. The number of hydrogen-bond donors (Lipinski definition) is 1. The topological polar surface area (TPSA) is 103 Å². The summed E-state index contributed by atoms with van der Waals surface area (Å²) in [5.74, 6) is -1.83. The van der Waals surface area contributed by atoms with Gasteiger partial charge in [0.1, 0.15) is 17.7 Å². The van der Waals surface area contributed by atoms with Crippen molar-refractivity contribution in [1.29, 1.82) is 0 Å². The van der Waals surface area contributed by atoms with E-state index in [0.717, 1.165) is 65.2 Å². The van der Waals surface area contributed by atoms with Gasteiger partial charge in [-0.1, -0.05) is 12.1 Å². The maximum atomic E-state index is 13.4. The molecule has 0 saturated carbocycles. The van der Waals surface area contributed by atoms with Crippen LogP contribution in [0.15, 0.2) is 42.7 Å². The normalized spacial score (nSPS) is 20.5. The first-order chi connectivity index (χ1) is 22.3. The molecule has 0 bridgehead atoms. The molecule has 2 fully saturated rings. The highest BCUT2D eigenvalue weighted by Gasteiger charge is 2.47. The number of halogens is 2. The SMILES string of the molecule is Cn1c(C(=O)N2CC(F)(F)C2)cc2c1CN(c1nc3c(c(Nc4ccc(-c5cnn(C6CCCCO6)c5)cc4)n1)COCC3)CC2. The summed E-state index contributed by atoms with van der Waals surface area (Å²) in [7, 11) is 1.82. The Hall–Kier alpha value is -4.36. The third-order valence-electron chi connectivity index (χ3n) is 9.42. The summed E-state index contributed by atoms with van der Waals surface area (Å²) in [4.78, 5) is 26.2. The summed E-state index contributed by atoms with van der Waals surface area (Å²) in [5, 5.41) is 8.06. The number of amides is 1. The van der Waals surface area contributed by atoms with Crippen LogP contribution in [0.25, 0.3) is 11.1 Å². The molecule has 1 atom stereocenters. The Kier molecular flexibility index (Phi) is 7.24. The molecule has 0 spiro atoms. The minimum atomic E-state index is -2.80. The fourth-order valence-electron chi connectivity index (χ4n) is 6.76. The molecule has 0 aliphatic carbocycles. The summed E-state index contributed by atoms with van der Waals surface area (Å²) in [6, 6.07) is 10.1. The van der Waals surface area contributed by atoms with E-state index in [2.05, 4.69) is 27.4 Å². The molecule has 2 saturated heterocycles. The molecule has 8 rings (SSSR count). The van der Waals surface area contributed by atoms with Gasteiger partial charge < -0.3 is 29.2 Å². The first-order valence-electron chi connectivity index (χ1n) is 15.9. The summed E-state index contributed by atoms with van der Waals surface area (Å²) >= 11 is 0. The first-order valence-corrected chi connectivity index (χ1v) is 15.9. The van der Waals surface area contributed by atoms with E-state index in [-0.39, 0.29) is 12.1 Å². The predicted octanol–water partition coefficient (Wildman–Crippen LogP) is 4.85. The summed E-state index contributed by atoms with van der Waals surface area (Å²) in [6.07, 6.45) is 8.54. The molecular weight excluding hydrogens is 594 g/mol. The van der Waals surface area contributed by atoms with Gasteiger partial charge in [-0.05, 0) is 55.0 Å². The second-order valence-electron chi connectivity index (χ2n) is 12.6. The highest BCUT2D eigenvalue weighted by Crippen LogP contribution is 2.33. The lowest BCUT2D eigenvalue weighted by atomic mass is 10.1. The number of alkyl halides is 2. The van der Waals surface area contributed by atoms with Crippen LogP contribution in [-0.2, 0) is 42.5 Å². The number of benzene rings is 1. The molecule has 4 aromatic rings. The molecule has 7 heterocycles. The summed E-state index contributed by atoms with van der Waals surface area (Å²) in [6.45, 7) is 1.94. The number of nitrogens with one attached hydrogen (secondary N) is 1. The van der Waals surface area contributed by atoms with E-state index in [9.17, 15) is 13.6 Å². The van der Waals surface area contributed by atoms with Crippen molar-refractivity contribution in [1.82, 2.24) is 29.2 Å². The molecule has 4 aliphatic rings. The molecule has 1 N–H and O–H groups in total. The maximum Gasteiger partial charge on any atom is 0.282 e. The van der Waals surface area contributed by atoms with Gasteiger partial charge in [-0.15, -0.1) is 0 Å². The highest BCUT2D eigenvalue weighted by molar-refractivity contribution is 5.94. The van der Waals surface area contributed by atoms with Crippen molar-refractivity contribution in [3.8, 4) is 11.1 Å². The summed E-state index contributed by atoms with van der Waals surface area (Å²) < 4.78 is 42.3. The predicted molar refractivity (Wildman–Crippen MR) is 166 cm³/mol. The third-order valence-corrected chi connectivity index (χ3v) is 9.42. The number of nitrogens with zero attached hydrogens (tertiary/aromatic N) is 7. The van der Waals surface area contributed by atoms with Crippen LogP contribution < -0.4 is 10.2 Å². The number of carbonyl (C=O) groups is 1. The largest absolute Gasteiger partial charge is 0.376 e. The zero-order chi connectivity index (χ0) is 31.4. The zero-order valence-electron chi connectivity index (χ0n) is 25.7. The average molecular weight is 631 g/mol. The fraction of sp³-hybridized carbons (Fsp3) is 0.455. The molecular formula is C33H36F2N8O3. The van der Waals surface area contributed by atoms with Crippen LogP contribution >= 0.6 is 0 Å². The zero-order valence-corrected chi connectivity index (χ0v) is 25.7. The minimum absolute atomic E-state index is 0.00245. The standard InChI is InChI=1S/C33H36F2N8O3/c1-40-27(31(44)42-19-33(34,35)20-42)14-22-9-11-41(17-28(22)40)32-38-26-10-13-45-18-25(26)30(39-32)37-24-7-5-21(6-8-24)23-15-36-43(16-23)29-4-2-3-12-46-29/h5-8,14-16,29H,2-4,9-13,17-20H2,1H3,(H,37,38,39). The van der Waals surface area contributed by atoms with Crippen molar-refractivity contribution in [2.75, 3.05) is 43.1 Å². The van der Waals surface area contributed by atoms with Crippen LogP contribution in [0.3, 0.4) is 0 Å². The van der Waals surface area contributed by atoms with E-state index in [0.29, 0.717) is 56.6 Å². The van der Waals surface area contributed by atoms with E-state index in [1.807, 2.05) is 46.9 Å². The maximum absolute atomic E-state index is 13.4. The first kappa shape index (κ1) is 29.1. The monoisotopic (exact) mass is 630 g/mol. The molecule has 13 heteroatoms. The van der Waals surface area contributed by atoms with Crippen molar-refractivity contribution in [2.45, 2.75) is 57.4 Å². The molecule has 11 nitrogen and oxygen atoms in total. The van der Waals surface area contributed by atoms with Crippen molar-refractivity contribution < 1.29 is 23.0 Å². The lowest BCUT2D eigenvalue weighted by Gasteiger charge is -2.38. The Morgan fingerprint density at radius 2 is 1.91 bits per heavy atom. The van der Waals surface area contributed by atoms with Gasteiger partial charge >= 0.3 is 0 Å². The Labute approximate surface area is 265 Å². The van der Waals surface area contributed by atoms with Crippen LogP contribution in [0.2, 0.25) is 0 Å². The number of hydrogen-bond acceptors (Lipinski definition) is 8. The Bertz CT molecular complexity index is 1770. The second kappa shape index (κ2) is 11.5. The van der Waals surface area contributed by atoms with Crippen molar-refractivity contribution in [3.05, 3.63) is 70.9 Å². The van der Waals surface area contributed by atoms with E-state index >= 15 is 0 Å². The Morgan fingerprint density at radius 1 is 1.07 bits per heavy atom. The van der Waals surface area contributed by atoms with Gasteiger partial charge in [0.15, 0.2) is 0 Å². The van der Waals surface area contributed by atoms with E-state index in [4.69, 9.17) is 19.4 Å². The third kappa shape index (κ3) is 5.41. The lowest BCUT2D eigenvalue weighted by molar-refractivity contribution is -0.113. The van der Waals surface area contributed by atoms with Gasteiger partial charge in [0.05, 0.1) is 44.7 Å². The summed E-state index contributed by atoms with van der Waals surface area (Å²) in [5.41, 5.74) is 7.36. The van der Waals surface area contributed by atoms with Crippen LogP contribution in [0.4, 0.5) is 26.2 Å². The van der Waals surface area contributed by atoms with E-state index in [1.54, 1.807) is 0 Å². The number of aromatic nitrogens is 5. The molecule has 3 aromatic heterocycles. The lowest BCUT2D eigenvalue weighted by Crippen LogP contribution is -2.58. The number of likely N-dealkylation sites (tertiary alicyclic amines) is 1. The number of ether oxygens (including phenoxy) is 2. The van der Waals surface area contributed by atoms with Gasteiger partial charge in [-0.2, -0.15) is 10.1 Å². The number of anilines is 3. The van der Waals surface area contributed by atoms with Gasteiger partial charge in [0.25, 0.3) is 11.8 Å². The molecule has 1 aromatic carbocycles. The molecule has 1 amide bonds. The van der Waals surface area contributed by atoms with Crippen LogP contribution in [0, 0.1) is 0 Å². The van der Waals surface area contributed by atoms with Crippen molar-refractivity contribution in [2.24, 2.45) is 7.05 Å². The van der Waals surface area contributed by atoms with Crippen LogP contribution in [0.1, 0.15) is 58.5 Å². The molecule has 0 radical (unpaired) electrons. The molecule has 4 aliphatic heterocycles. The van der Waals surface area contributed by atoms with Gasteiger partial charge in [-0.3, -0.25) is 4.79 Å². The second-order valence-corrected chi connectivity index (χ2v) is 12.6. The molecule has 1 unspecified atom stereocenters. The molecule has 240 valence electrons. The number of fused-ring (bicyclic) bond motifs is 2. The van der Waals surface area contributed by atoms with Crippen LogP contribution in [0.5, 0.6) is 0 Å².